The minimum atomic E-state index is -0.800. The Bertz CT molecular complexity index is 634. The third kappa shape index (κ3) is 4.03. The summed E-state index contributed by atoms with van der Waals surface area (Å²) in [6.45, 7) is 5.13. The van der Waals surface area contributed by atoms with E-state index in [0.717, 1.165) is 24.3 Å². The van der Waals surface area contributed by atoms with E-state index in [-0.39, 0.29) is 12.2 Å². The average Bonchev–Trinajstić information content (AvgIpc) is 2.72. The van der Waals surface area contributed by atoms with Gasteiger partial charge in [-0.2, -0.15) is 0 Å². The van der Waals surface area contributed by atoms with Gasteiger partial charge in [0.2, 0.25) is 0 Å². The van der Waals surface area contributed by atoms with Crippen LogP contribution in [0.1, 0.15) is 38.9 Å². The molecule has 0 atom stereocenters. The third-order valence-corrected chi connectivity index (χ3v) is 3.51. The molecule has 0 saturated heterocycles. The molecule has 1 heterocycles. The quantitative estimate of drug-likeness (QED) is 0.847. The zero-order chi connectivity index (χ0) is 15.4. The van der Waals surface area contributed by atoms with Crippen molar-refractivity contribution >= 4 is 17.0 Å². The van der Waals surface area contributed by atoms with Crippen molar-refractivity contribution in [2.24, 2.45) is 5.92 Å². The lowest BCUT2D eigenvalue weighted by Crippen LogP contribution is -2.07. The van der Waals surface area contributed by atoms with E-state index in [2.05, 4.69) is 23.4 Å². The number of hydrogen-bond acceptors (Lipinski definition) is 2. The number of hydrogen-bond donors (Lipinski definition) is 1. The molecule has 0 aliphatic carbocycles. The highest BCUT2D eigenvalue weighted by Gasteiger charge is 2.12. The number of imidazole rings is 1. The first kappa shape index (κ1) is 15.5. The lowest BCUT2D eigenvalue weighted by Gasteiger charge is -2.10. The van der Waals surface area contributed by atoms with Gasteiger partial charge in [0.05, 0.1) is 11.0 Å². The minimum Gasteiger partial charge on any atom is -0.481 e. The van der Waals surface area contributed by atoms with Crippen LogP contribution in [0.15, 0.2) is 18.2 Å². The predicted octanol–water partition coefficient (Wildman–Crippen LogP) is 3.63. The Morgan fingerprint density at radius 3 is 2.86 bits per heavy atom. The van der Waals surface area contributed by atoms with E-state index in [4.69, 9.17) is 5.11 Å². The van der Waals surface area contributed by atoms with Crippen LogP contribution in [0.3, 0.4) is 0 Å². The molecule has 21 heavy (non-hydrogen) atoms. The fourth-order valence-electron chi connectivity index (χ4n) is 2.38. The van der Waals surface area contributed by atoms with Gasteiger partial charge in [0.1, 0.15) is 11.6 Å². The van der Waals surface area contributed by atoms with Crippen molar-refractivity contribution in [1.29, 1.82) is 0 Å². The molecule has 0 fully saturated rings. The summed E-state index contributed by atoms with van der Waals surface area (Å²) in [7, 11) is 0. The molecule has 1 N–H and O–H groups in total. The normalized spacial score (nSPS) is 11.4. The summed E-state index contributed by atoms with van der Waals surface area (Å²) >= 11 is 0. The van der Waals surface area contributed by atoms with Crippen molar-refractivity contribution in [2.45, 2.75) is 46.1 Å². The van der Waals surface area contributed by atoms with Crippen molar-refractivity contribution in [3.05, 3.63) is 29.8 Å². The number of aliphatic carboxylic acids is 1. The molecule has 2 aromatic rings. The van der Waals surface area contributed by atoms with Crippen LogP contribution in [-0.2, 0) is 17.8 Å². The molecule has 1 aromatic carbocycles. The number of nitrogens with zero attached hydrogens (tertiary/aromatic N) is 2. The van der Waals surface area contributed by atoms with E-state index in [9.17, 15) is 9.18 Å². The standard InChI is InChI=1S/C16H21FN2O2/c1-11(2)8-9-19-14-7-6-12(17)10-13(14)18-15(19)4-3-5-16(20)21/h6-7,10-11H,3-5,8-9H2,1-2H3,(H,20,21). The van der Waals surface area contributed by atoms with Crippen LogP contribution in [0.2, 0.25) is 0 Å². The van der Waals surface area contributed by atoms with Gasteiger partial charge >= 0.3 is 5.97 Å². The molecule has 0 unspecified atom stereocenters. The summed E-state index contributed by atoms with van der Waals surface area (Å²) in [4.78, 5) is 15.1. The molecule has 0 saturated carbocycles. The molecule has 0 radical (unpaired) electrons. The number of carboxylic acids is 1. The van der Waals surface area contributed by atoms with Crippen LogP contribution in [0.25, 0.3) is 11.0 Å². The van der Waals surface area contributed by atoms with E-state index in [1.165, 1.54) is 12.1 Å². The lowest BCUT2D eigenvalue weighted by molar-refractivity contribution is -0.137. The summed E-state index contributed by atoms with van der Waals surface area (Å²) in [5, 5.41) is 8.74. The molecule has 4 nitrogen and oxygen atoms in total. The average molecular weight is 292 g/mol. The molecular formula is C16H21FN2O2. The van der Waals surface area contributed by atoms with Gasteiger partial charge in [-0.25, -0.2) is 9.37 Å². The molecule has 0 bridgehead atoms. The molecule has 114 valence electrons. The first-order valence-corrected chi connectivity index (χ1v) is 7.34. The first-order chi connectivity index (χ1) is 9.97. The maximum atomic E-state index is 13.3. The second-order valence-corrected chi connectivity index (χ2v) is 5.74. The van der Waals surface area contributed by atoms with Crippen LogP contribution >= 0.6 is 0 Å². The molecule has 5 heteroatoms. The Morgan fingerprint density at radius 1 is 1.43 bits per heavy atom. The second kappa shape index (κ2) is 6.70. The summed E-state index contributed by atoms with van der Waals surface area (Å²) in [5.41, 5.74) is 1.56. The molecule has 0 aliphatic rings. The van der Waals surface area contributed by atoms with Gasteiger partial charge in [-0.15, -0.1) is 0 Å². The van der Waals surface area contributed by atoms with Gasteiger partial charge in [-0.05, 0) is 30.9 Å². The van der Waals surface area contributed by atoms with Gasteiger partial charge < -0.3 is 9.67 Å². The molecule has 2 rings (SSSR count). The topological polar surface area (TPSA) is 55.1 Å². The van der Waals surface area contributed by atoms with Gasteiger partial charge in [-0.1, -0.05) is 13.8 Å². The molecule has 0 aliphatic heterocycles. The summed E-state index contributed by atoms with van der Waals surface area (Å²) < 4.78 is 15.4. The third-order valence-electron chi connectivity index (χ3n) is 3.51. The van der Waals surface area contributed by atoms with Gasteiger partial charge in [0, 0.05) is 25.5 Å². The second-order valence-electron chi connectivity index (χ2n) is 5.74. The Hall–Kier alpha value is -1.91. The van der Waals surface area contributed by atoms with Crippen molar-refractivity contribution in [3.8, 4) is 0 Å². The zero-order valence-electron chi connectivity index (χ0n) is 12.5. The largest absolute Gasteiger partial charge is 0.481 e. The number of aromatic nitrogens is 2. The van der Waals surface area contributed by atoms with Crippen molar-refractivity contribution < 1.29 is 14.3 Å². The van der Waals surface area contributed by atoms with E-state index in [0.29, 0.717) is 24.3 Å². The van der Waals surface area contributed by atoms with Gasteiger partial charge in [0.25, 0.3) is 0 Å². The highest BCUT2D eigenvalue weighted by Crippen LogP contribution is 2.20. The summed E-state index contributed by atoms with van der Waals surface area (Å²) in [6.07, 6.45) is 2.28. The molecule has 0 amide bonds. The Balaban J connectivity index is 2.27. The Labute approximate surface area is 123 Å². The minimum absolute atomic E-state index is 0.127. The summed E-state index contributed by atoms with van der Waals surface area (Å²) in [6, 6.07) is 4.62. The van der Waals surface area contributed by atoms with Crippen LogP contribution in [0.5, 0.6) is 0 Å². The van der Waals surface area contributed by atoms with Crippen LogP contribution in [0.4, 0.5) is 4.39 Å². The number of aryl methyl sites for hydroxylation is 2. The van der Waals surface area contributed by atoms with E-state index in [1.54, 1.807) is 6.07 Å². The molecule has 0 spiro atoms. The van der Waals surface area contributed by atoms with Crippen LogP contribution in [0, 0.1) is 11.7 Å². The number of carboxylic acid groups (broad SMARTS) is 1. The maximum absolute atomic E-state index is 13.3. The number of rotatable bonds is 7. The zero-order valence-corrected chi connectivity index (χ0v) is 12.5. The Morgan fingerprint density at radius 2 is 2.19 bits per heavy atom. The highest BCUT2D eigenvalue weighted by atomic mass is 19.1. The smallest absolute Gasteiger partial charge is 0.303 e. The molecule has 1 aromatic heterocycles. The summed E-state index contributed by atoms with van der Waals surface area (Å²) in [5.74, 6) is 0.311. The monoisotopic (exact) mass is 292 g/mol. The number of carbonyl (C=O) groups is 1. The van der Waals surface area contributed by atoms with Crippen molar-refractivity contribution in [2.75, 3.05) is 0 Å². The van der Waals surface area contributed by atoms with Gasteiger partial charge in [-0.3, -0.25) is 4.79 Å². The Kier molecular flexibility index (Phi) is 4.94. The van der Waals surface area contributed by atoms with E-state index in [1.807, 2.05) is 0 Å². The fourth-order valence-corrected chi connectivity index (χ4v) is 2.38. The highest BCUT2D eigenvalue weighted by molar-refractivity contribution is 5.76. The number of halogens is 1. The van der Waals surface area contributed by atoms with Crippen molar-refractivity contribution in [1.82, 2.24) is 9.55 Å². The fraction of sp³-hybridized carbons (Fsp3) is 0.500. The number of fused-ring (bicyclic) bond motifs is 1. The van der Waals surface area contributed by atoms with Gasteiger partial charge in [0.15, 0.2) is 0 Å². The van der Waals surface area contributed by atoms with E-state index < -0.39 is 5.97 Å². The predicted molar refractivity (Wildman–Crippen MR) is 79.7 cm³/mol. The SMILES string of the molecule is CC(C)CCn1c(CCCC(=O)O)nc2cc(F)ccc21. The van der Waals surface area contributed by atoms with Crippen LogP contribution in [-0.4, -0.2) is 20.6 Å². The number of benzene rings is 1. The lowest BCUT2D eigenvalue weighted by atomic mass is 10.1. The molecular weight excluding hydrogens is 271 g/mol. The van der Waals surface area contributed by atoms with E-state index >= 15 is 0 Å². The van der Waals surface area contributed by atoms with Crippen LogP contribution < -0.4 is 0 Å². The first-order valence-electron chi connectivity index (χ1n) is 7.34. The van der Waals surface area contributed by atoms with Crippen molar-refractivity contribution in [3.63, 3.8) is 0 Å². The maximum Gasteiger partial charge on any atom is 0.303 e.